The van der Waals surface area contributed by atoms with Crippen LogP contribution in [0.3, 0.4) is 0 Å². The van der Waals surface area contributed by atoms with Gasteiger partial charge in [-0.05, 0) is 23.7 Å². The number of aromatic nitrogens is 1. The van der Waals surface area contributed by atoms with Crippen molar-refractivity contribution in [2.75, 3.05) is 5.75 Å². The molecule has 1 heterocycles. The van der Waals surface area contributed by atoms with Gasteiger partial charge in [-0.3, -0.25) is 11.1 Å². The van der Waals surface area contributed by atoms with E-state index in [1.165, 1.54) is 17.3 Å². The number of nitrogens with two attached hydrogens (primary N) is 2. The Morgan fingerprint density at radius 2 is 2.17 bits per heavy atom. The number of hydrogen-bond donors (Lipinski definition) is 2. The quantitative estimate of drug-likeness (QED) is 0.459. The van der Waals surface area contributed by atoms with E-state index in [2.05, 4.69) is 4.98 Å². The summed E-state index contributed by atoms with van der Waals surface area (Å²) >= 11 is 1.49. The molecule has 4 heteroatoms. The summed E-state index contributed by atoms with van der Waals surface area (Å²) in [5, 5.41) is 5.75. The number of hydrogen-bond acceptors (Lipinski definition) is 1. The molecule has 0 bridgehead atoms. The average molecular weight is 183 g/mol. The Morgan fingerprint density at radius 3 is 2.75 bits per heavy atom. The van der Waals surface area contributed by atoms with Crippen LogP contribution in [0.15, 0.2) is 24.5 Å². The molecule has 1 aromatic rings. The lowest BCUT2D eigenvalue weighted by Crippen LogP contribution is -2.43. The highest BCUT2D eigenvalue weighted by molar-refractivity contribution is 8.13. The van der Waals surface area contributed by atoms with Crippen molar-refractivity contribution >= 4 is 16.9 Å². The van der Waals surface area contributed by atoms with E-state index in [0.717, 1.165) is 12.2 Å². The summed E-state index contributed by atoms with van der Waals surface area (Å²) in [6, 6.07) is 4.10. The van der Waals surface area contributed by atoms with Crippen molar-refractivity contribution in [3.8, 4) is 0 Å². The Hall–Kier alpha value is -1.03. The van der Waals surface area contributed by atoms with Gasteiger partial charge in [0, 0.05) is 17.9 Å². The molecular weight excluding hydrogens is 170 g/mol. The predicted octanol–water partition coefficient (Wildman–Crippen LogP) is -1.15. The summed E-state index contributed by atoms with van der Waals surface area (Å²) < 4.78 is 0. The number of pyridine rings is 1. The van der Waals surface area contributed by atoms with Crippen LogP contribution < -0.4 is 16.1 Å². The van der Waals surface area contributed by atoms with Gasteiger partial charge in [-0.1, -0.05) is 0 Å². The van der Waals surface area contributed by atoms with Gasteiger partial charge in [-0.2, -0.15) is 0 Å². The normalized spacial score (nSPS) is 9.67. The van der Waals surface area contributed by atoms with Gasteiger partial charge in [0.05, 0.1) is 0 Å². The molecule has 0 aliphatic heterocycles. The first-order valence-electron chi connectivity index (χ1n) is 3.75. The molecule has 12 heavy (non-hydrogen) atoms. The van der Waals surface area contributed by atoms with E-state index in [1.807, 2.05) is 24.5 Å². The molecule has 0 aliphatic rings. The van der Waals surface area contributed by atoms with E-state index in [-0.39, 0.29) is 0 Å². The number of H-pyrrole nitrogens is 1. The van der Waals surface area contributed by atoms with E-state index in [0.29, 0.717) is 5.17 Å². The zero-order valence-corrected chi connectivity index (χ0v) is 7.60. The zero-order valence-electron chi connectivity index (χ0n) is 6.79. The highest BCUT2D eigenvalue weighted by Crippen LogP contribution is 2.02. The summed E-state index contributed by atoms with van der Waals surface area (Å²) in [5.41, 5.74) is 6.60. The molecule has 0 unspecified atom stereocenters. The third kappa shape index (κ3) is 3.39. The molecule has 0 saturated heterocycles. The van der Waals surface area contributed by atoms with Crippen LogP contribution in [-0.4, -0.2) is 10.9 Å². The molecule has 0 aromatic carbocycles. The van der Waals surface area contributed by atoms with Crippen LogP contribution in [0, 0.1) is 0 Å². The maximum atomic E-state index is 5.31. The van der Waals surface area contributed by atoms with Crippen molar-refractivity contribution in [2.24, 2.45) is 5.73 Å². The summed E-state index contributed by atoms with van der Waals surface area (Å²) in [4.78, 5) is 2.97. The van der Waals surface area contributed by atoms with Crippen molar-refractivity contribution < 1.29 is 10.4 Å². The van der Waals surface area contributed by atoms with Gasteiger partial charge in [0.1, 0.15) is 0 Å². The minimum absolute atomic E-state index is 0.442. The lowest BCUT2D eigenvalue weighted by molar-refractivity contribution is -0.378. The van der Waals surface area contributed by atoms with E-state index >= 15 is 0 Å². The Bertz CT molecular complexity index is 248. The fourth-order valence-electron chi connectivity index (χ4n) is 0.875. The number of aromatic amines is 1. The summed E-state index contributed by atoms with van der Waals surface area (Å²) in [6.07, 6.45) is 4.82. The van der Waals surface area contributed by atoms with Crippen molar-refractivity contribution in [3.63, 3.8) is 0 Å². The number of amidine groups is 1. The minimum atomic E-state index is 0.442. The molecule has 0 atom stereocenters. The fourth-order valence-corrected chi connectivity index (χ4v) is 1.45. The summed E-state index contributed by atoms with van der Waals surface area (Å²) in [6.45, 7) is 0. The van der Waals surface area contributed by atoms with Crippen LogP contribution in [-0.2, 0) is 6.42 Å². The molecule has 0 amide bonds. The second-order valence-electron chi connectivity index (χ2n) is 2.41. The Balaban J connectivity index is 2.29. The van der Waals surface area contributed by atoms with Crippen LogP contribution in [0.4, 0.5) is 0 Å². The minimum Gasteiger partial charge on any atom is -0.282 e. The molecule has 64 valence electrons. The molecule has 0 radical (unpaired) electrons. The summed E-state index contributed by atoms with van der Waals surface area (Å²) in [5.74, 6) is 0.937. The van der Waals surface area contributed by atoms with Gasteiger partial charge in [0.15, 0.2) is 12.4 Å². The highest BCUT2D eigenvalue weighted by Gasteiger charge is 1.97. The molecule has 1 rings (SSSR count). The lowest BCUT2D eigenvalue weighted by Gasteiger charge is -1.94. The molecule has 0 saturated carbocycles. The van der Waals surface area contributed by atoms with Crippen LogP contribution >= 0.6 is 11.8 Å². The van der Waals surface area contributed by atoms with Crippen molar-refractivity contribution in [2.45, 2.75) is 6.42 Å². The maximum Gasteiger partial charge on any atom is 0.299 e. The van der Waals surface area contributed by atoms with Gasteiger partial charge < -0.3 is 0 Å². The Labute approximate surface area is 75.9 Å². The first-order chi connectivity index (χ1) is 5.79. The van der Waals surface area contributed by atoms with Crippen LogP contribution in [0.25, 0.3) is 0 Å². The van der Waals surface area contributed by atoms with Gasteiger partial charge in [-0.15, -0.1) is 0 Å². The number of rotatable bonds is 3. The molecule has 1 aromatic heterocycles. The summed E-state index contributed by atoms with van der Waals surface area (Å²) in [7, 11) is 0. The Kier molecular flexibility index (Phi) is 3.60. The molecule has 0 spiro atoms. The monoisotopic (exact) mass is 183 g/mol. The van der Waals surface area contributed by atoms with Crippen LogP contribution in [0.5, 0.6) is 0 Å². The third-order valence-electron chi connectivity index (χ3n) is 1.45. The first-order valence-corrected chi connectivity index (χ1v) is 4.73. The van der Waals surface area contributed by atoms with E-state index in [9.17, 15) is 0 Å². The van der Waals surface area contributed by atoms with Crippen molar-refractivity contribution in [1.82, 2.24) is 0 Å². The van der Waals surface area contributed by atoms with Crippen molar-refractivity contribution in [3.05, 3.63) is 30.1 Å². The molecular formula is C8H13N3S+2. The zero-order chi connectivity index (χ0) is 8.81. The number of aryl methyl sites for hydroxylation is 1. The number of thioether (sulfide) groups is 1. The smallest absolute Gasteiger partial charge is 0.282 e. The third-order valence-corrected chi connectivity index (χ3v) is 2.19. The second-order valence-corrected chi connectivity index (χ2v) is 3.58. The number of nitrogens with one attached hydrogen (secondary N) is 1. The fraction of sp³-hybridized carbons (Fsp3) is 0.250. The standard InChI is InChI=1S/C8H11N3S/c9-8(10)12-6-3-7-1-4-11-5-2-7/h1-2,4-5H,3,6H2,(H3,9,10)/p+2. The van der Waals surface area contributed by atoms with Gasteiger partial charge >= 0.3 is 0 Å². The molecule has 0 fully saturated rings. The molecule has 5 N–H and O–H groups in total. The molecule has 0 aliphatic carbocycles. The molecule has 3 nitrogen and oxygen atoms in total. The van der Waals surface area contributed by atoms with Crippen LogP contribution in [0.1, 0.15) is 5.56 Å². The van der Waals surface area contributed by atoms with Gasteiger partial charge in [0.25, 0.3) is 5.17 Å². The SMILES string of the molecule is NC(=[NH2+])SCCc1cc[nH+]cc1. The van der Waals surface area contributed by atoms with E-state index in [4.69, 9.17) is 11.1 Å². The predicted molar refractivity (Wildman–Crippen MR) is 50.3 cm³/mol. The topological polar surface area (TPSA) is 65.8 Å². The van der Waals surface area contributed by atoms with E-state index < -0.39 is 0 Å². The van der Waals surface area contributed by atoms with Crippen LogP contribution in [0.2, 0.25) is 0 Å². The first kappa shape index (κ1) is 9.06. The van der Waals surface area contributed by atoms with Crippen molar-refractivity contribution in [1.29, 1.82) is 0 Å². The van der Waals surface area contributed by atoms with Gasteiger partial charge in [0.2, 0.25) is 0 Å². The Morgan fingerprint density at radius 1 is 1.50 bits per heavy atom. The average Bonchev–Trinajstić information content (AvgIpc) is 2.05. The highest BCUT2D eigenvalue weighted by atomic mass is 32.2. The van der Waals surface area contributed by atoms with Gasteiger partial charge in [-0.25, -0.2) is 4.98 Å². The largest absolute Gasteiger partial charge is 0.299 e. The van der Waals surface area contributed by atoms with E-state index in [1.54, 1.807) is 0 Å². The second kappa shape index (κ2) is 4.77. The maximum absolute atomic E-state index is 5.31. The lowest BCUT2D eigenvalue weighted by atomic mass is 10.2.